The monoisotopic (exact) mass is 274 g/mol. The molecule has 20 heavy (non-hydrogen) atoms. The van der Waals surface area contributed by atoms with Gasteiger partial charge in [-0.15, -0.1) is 0 Å². The smallest absolute Gasteiger partial charge is 0.287 e. The average Bonchev–Trinajstić information content (AvgIpc) is 3.10. The summed E-state index contributed by atoms with van der Waals surface area (Å²) in [6.45, 7) is 0.158. The van der Waals surface area contributed by atoms with Crippen LogP contribution in [0.1, 0.15) is 16.2 Å². The van der Waals surface area contributed by atoms with E-state index in [1.807, 2.05) is 5.43 Å². The lowest BCUT2D eigenvalue weighted by atomic mass is 10.3. The lowest BCUT2D eigenvalue weighted by Gasteiger charge is -2.02. The number of carbonyl (C=O) groups is 1. The van der Waals surface area contributed by atoms with Gasteiger partial charge in [-0.25, -0.2) is 10.4 Å². The molecule has 0 saturated carbocycles. The van der Waals surface area contributed by atoms with Crippen LogP contribution in [0.25, 0.3) is 5.52 Å². The molecule has 0 fully saturated rings. The second kappa shape index (κ2) is 4.63. The number of hydrogen-bond acceptors (Lipinski definition) is 6. The predicted molar refractivity (Wildman–Crippen MR) is 66.7 cm³/mol. The van der Waals surface area contributed by atoms with Gasteiger partial charge in [0, 0.05) is 18.5 Å². The van der Waals surface area contributed by atoms with E-state index in [4.69, 9.17) is 10.4 Å². The molecule has 0 bridgehead atoms. The van der Waals surface area contributed by atoms with Crippen molar-refractivity contribution in [1.29, 1.82) is 0 Å². The van der Waals surface area contributed by atoms with E-state index in [2.05, 4.69) is 10.3 Å². The van der Waals surface area contributed by atoms with Crippen molar-refractivity contribution >= 4 is 11.4 Å². The van der Waals surface area contributed by atoms with Gasteiger partial charge in [-0.05, 0) is 6.07 Å². The van der Waals surface area contributed by atoms with Crippen molar-refractivity contribution in [3.8, 4) is 0 Å². The first-order valence-corrected chi connectivity index (χ1v) is 5.68. The third kappa shape index (κ3) is 1.95. The first kappa shape index (κ1) is 12.1. The quantitative estimate of drug-likeness (QED) is 0.364. The maximum atomic E-state index is 12.1. The number of amides is 1. The Labute approximate surface area is 111 Å². The standard InChI is InChI=1S/C11H10N6O3/c12-14-10(18)8-5-7(20-15-8)6-16-3-4-17-9(11(16)19)1-2-13-17/h1-5H,6,12H2,(H,14,18). The Morgan fingerprint density at radius 1 is 1.45 bits per heavy atom. The molecule has 0 aromatic carbocycles. The van der Waals surface area contributed by atoms with E-state index >= 15 is 0 Å². The van der Waals surface area contributed by atoms with Crippen LogP contribution in [0.5, 0.6) is 0 Å². The maximum Gasteiger partial charge on any atom is 0.287 e. The molecule has 0 spiro atoms. The van der Waals surface area contributed by atoms with Crippen LogP contribution in [-0.4, -0.2) is 25.2 Å². The molecule has 3 rings (SSSR count). The van der Waals surface area contributed by atoms with Crippen molar-refractivity contribution in [2.24, 2.45) is 5.84 Å². The first-order chi connectivity index (χ1) is 9.69. The molecule has 102 valence electrons. The fourth-order valence-electron chi connectivity index (χ4n) is 1.82. The Kier molecular flexibility index (Phi) is 2.80. The van der Waals surface area contributed by atoms with Gasteiger partial charge in [-0.1, -0.05) is 5.16 Å². The minimum Gasteiger partial charge on any atom is -0.359 e. The first-order valence-electron chi connectivity index (χ1n) is 5.68. The van der Waals surface area contributed by atoms with Crippen LogP contribution in [0, 0.1) is 0 Å². The molecular formula is C11H10N6O3. The fraction of sp³-hybridized carbons (Fsp3) is 0.0909. The highest BCUT2D eigenvalue weighted by atomic mass is 16.5. The number of aromatic nitrogens is 4. The molecule has 0 aliphatic carbocycles. The summed E-state index contributed by atoms with van der Waals surface area (Å²) in [4.78, 5) is 23.4. The number of fused-ring (bicyclic) bond motifs is 1. The molecule has 0 radical (unpaired) electrons. The van der Waals surface area contributed by atoms with E-state index < -0.39 is 5.91 Å². The Morgan fingerprint density at radius 2 is 2.30 bits per heavy atom. The van der Waals surface area contributed by atoms with Gasteiger partial charge in [-0.2, -0.15) is 5.10 Å². The molecule has 0 saturated heterocycles. The van der Waals surface area contributed by atoms with Crippen molar-refractivity contribution in [2.75, 3.05) is 0 Å². The summed E-state index contributed by atoms with van der Waals surface area (Å²) in [6.07, 6.45) is 4.77. The Hall–Kier alpha value is -2.94. The Bertz CT molecular complexity index is 830. The van der Waals surface area contributed by atoms with Crippen LogP contribution in [0.2, 0.25) is 0 Å². The number of hydrogen-bond donors (Lipinski definition) is 2. The molecule has 9 heteroatoms. The maximum absolute atomic E-state index is 12.1. The highest BCUT2D eigenvalue weighted by Gasteiger charge is 2.12. The largest absolute Gasteiger partial charge is 0.359 e. The SMILES string of the molecule is NNC(=O)c1cc(Cn2ccn3nccc3c2=O)on1. The van der Waals surface area contributed by atoms with Gasteiger partial charge in [0.15, 0.2) is 11.5 Å². The van der Waals surface area contributed by atoms with Crippen LogP contribution < -0.4 is 16.8 Å². The van der Waals surface area contributed by atoms with Crippen LogP contribution in [0.15, 0.2) is 40.0 Å². The highest BCUT2D eigenvalue weighted by Crippen LogP contribution is 2.05. The van der Waals surface area contributed by atoms with Crippen molar-refractivity contribution < 1.29 is 9.32 Å². The lowest BCUT2D eigenvalue weighted by molar-refractivity contribution is 0.0944. The van der Waals surface area contributed by atoms with Crippen molar-refractivity contribution in [3.05, 3.63) is 52.5 Å². The number of nitrogens with one attached hydrogen (secondary N) is 1. The molecule has 3 heterocycles. The van der Waals surface area contributed by atoms with Crippen LogP contribution >= 0.6 is 0 Å². The zero-order valence-electron chi connectivity index (χ0n) is 10.2. The van der Waals surface area contributed by atoms with E-state index in [1.54, 1.807) is 24.7 Å². The van der Waals surface area contributed by atoms with E-state index in [-0.39, 0.29) is 17.8 Å². The number of hydrazine groups is 1. The number of carbonyl (C=O) groups excluding carboxylic acids is 1. The van der Waals surface area contributed by atoms with Gasteiger partial charge in [-0.3, -0.25) is 15.0 Å². The van der Waals surface area contributed by atoms with E-state index in [0.717, 1.165) is 0 Å². The normalized spacial score (nSPS) is 10.8. The van der Waals surface area contributed by atoms with Crippen LogP contribution in [0.3, 0.4) is 0 Å². The van der Waals surface area contributed by atoms with Gasteiger partial charge in [0.1, 0.15) is 5.52 Å². The fourth-order valence-corrected chi connectivity index (χ4v) is 1.82. The second-order valence-electron chi connectivity index (χ2n) is 4.04. The van der Waals surface area contributed by atoms with E-state index in [1.165, 1.54) is 15.1 Å². The predicted octanol–water partition coefficient (Wildman–Crippen LogP) is -0.864. The number of nitrogen functional groups attached to an aromatic ring is 1. The van der Waals surface area contributed by atoms with E-state index in [9.17, 15) is 9.59 Å². The lowest BCUT2D eigenvalue weighted by Crippen LogP contribution is -2.30. The summed E-state index contributed by atoms with van der Waals surface area (Å²) in [5, 5.41) is 7.53. The molecule has 3 N–H and O–H groups in total. The molecule has 0 aliphatic heterocycles. The topological polar surface area (TPSA) is 120 Å². The van der Waals surface area contributed by atoms with Gasteiger partial charge >= 0.3 is 0 Å². The van der Waals surface area contributed by atoms with Gasteiger partial charge in [0.05, 0.1) is 12.7 Å². The summed E-state index contributed by atoms with van der Waals surface area (Å²) >= 11 is 0. The van der Waals surface area contributed by atoms with Crippen molar-refractivity contribution in [2.45, 2.75) is 6.54 Å². The molecule has 3 aromatic rings. The number of rotatable bonds is 3. The molecule has 0 unspecified atom stereocenters. The molecule has 9 nitrogen and oxygen atoms in total. The summed E-state index contributed by atoms with van der Waals surface area (Å²) in [5.41, 5.74) is 2.24. The van der Waals surface area contributed by atoms with Gasteiger partial charge < -0.3 is 9.09 Å². The minimum atomic E-state index is -0.557. The molecular weight excluding hydrogens is 264 g/mol. The Morgan fingerprint density at radius 3 is 3.10 bits per heavy atom. The zero-order chi connectivity index (χ0) is 14.1. The highest BCUT2D eigenvalue weighted by molar-refractivity contribution is 5.91. The number of nitrogens with zero attached hydrogens (tertiary/aromatic N) is 4. The Balaban J connectivity index is 1.93. The summed E-state index contributed by atoms with van der Waals surface area (Å²) in [5.74, 6) is 4.81. The molecule has 3 aromatic heterocycles. The second-order valence-corrected chi connectivity index (χ2v) is 4.04. The van der Waals surface area contributed by atoms with E-state index in [0.29, 0.717) is 11.3 Å². The summed E-state index contributed by atoms with van der Waals surface area (Å²) < 4.78 is 7.90. The minimum absolute atomic E-state index is 0.0565. The average molecular weight is 274 g/mol. The summed E-state index contributed by atoms with van der Waals surface area (Å²) in [7, 11) is 0. The van der Waals surface area contributed by atoms with Crippen LogP contribution in [-0.2, 0) is 6.54 Å². The summed E-state index contributed by atoms with van der Waals surface area (Å²) in [6, 6.07) is 3.04. The van der Waals surface area contributed by atoms with Crippen molar-refractivity contribution in [1.82, 2.24) is 24.8 Å². The number of nitrogens with two attached hydrogens (primary N) is 1. The van der Waals surface area contributed by atoms with Crippen LogP contribution in [0.4, 0.5) is 0 Å². The zero-order valence-corrected chi connectivity index (χ0v) is 10.2. The van der Waals surface area contributed by atoms with Gasteiger partial charge in [0.25, 0.3) is 11.5 Å². The van der Waals surface area contributed by atoms with Gasteiger partial charge in [0.2, 0.25) is 0 Å². The molecule has 0 atom stereocenters. The molecule has 0 aliphatic rings. The third-order valence-electron chi connectivity index (χ3n) is 2.79. The van der Waals surface area contributed by atoms with Crippen molar-refractivity contribution in [3.63, 3.8) is 0 Å². The molecule has 1 amide bonds. The third-order valence-corrected chi connectivity index (χ3v) is 2.79.